The van der Waals surface area contributed by atoms with Crippen molar-refractivity contribution in [2.75, 3.05) is 13.2 Å². The summed E-state index contributed by atoms with van der Waals surface area (Å²) in [5.41, 5.74) is 5.09. The number of rotatable bonds is 8. The van der Waals surface area contributed by atoms with Crippen LogP contribution < -0.4 is 14.9 Å². The number of hydrazone groups is 1. The summed E-state index contributed by atoms with van der Waals surface area (Å²) in [6, 6.07) is 9.05. The molecule has 0 heterocycles. The molecule has 0 saturated heterocycles. The van der Waals surface area contributed by atoms with Gasteiger partial charge in [0.15, 0.2) is 18.1 Å². The van der Waals surface area contributed by atoms with Gasteiger partial charge in [0, 0.05) is 0 Å². The van der Waals surface area contributed by atoms with E-state index >= 15 is 0 Å². The third-order valence-corrected chi connectivity index (χ3v) is 4.19. The lowest BCUT2D eigenvalue weighted by Gasteiger charge is -2.14. The number of hydrogen-bond acceptors (Lipinski definition) is 5. The number of phenolic OH excluding ortho intramolecular Hbond substituents is 1. The van der Waals surface area contributed by atoms with Gasteiger partial charge in [-0.1, -0.05) is 37.6 Å². The number of nitrogens with zero attached hydrogens (tertiary/aromatic N) is 1. The van der Waals surface area contributed by atoms with E-state index in [0.717, 1.165) is 11.1 Å². The highest BCUT2D eigenvalue weighted by atomic mass is 35.5. The molecule has 6 nitrogen and oxygen atoms in total. The molecule has 1 amide bonds. The molecule has 7 heteroatoms. The Labute approximate surface area is 170 Å². The number of aryl methyl sites for hydroxylation is 1. The van der Waals surface area contributed by atoms with Crippen molar-refractivity contribution < 1.29 is 19.4 Å². The lowest BCUT2D eigenvalue weighted by molar-refractivity contribution is -0.123. The van der Waals surface area contributed by atoms with E-state index in [1.165, 1.54) is 12.3 Å². The highest BCUT2D eigenvalue weighted by Gasteiger charge is 2.11. The predicted molar refractivity (Wildman–Crippen MR) is 111 cm³/mol. The Morgan fingerprint density at radius 2 is 2.00 bits per heavy atom. The first-order chi connectivity index (χ1) is 13.3. The molecular weight excluding hydrogens is 380 g/mol. The zero-order valence-electron chi connectivity index (χ0n) is 16.5. The number of nitrogens with one attached hydrogen (secondary N) is 1. The van der Waals surface area contributed by atoms with Crippen LogP contribution in [0.4, 0.5) is 0 Å². The van der Waals surface area contributed by atoms with Crippen molar-refractivity contribution in [1.82, 2.24) is 5.43 Å². The van der Waals surface area contributed by atoms with E-state index in [1.54, 1.807) is 13.0 Å². The molecule has 0 aliphatic rings. The van der Waals surface area contributed by atoms with Gasteiger partial charge in [0.1, 0.15) is 5.75 Å². The zero-order chi connectivity index (χ0) is 20.7. The first-order valence-electron chi connectivity index (χ1n) is 9.02. The summed E-state index contributed by atoms with van der Waals surface area (Å²) < 4.78 is 11.0. The van der Waals surface area contributed by atoms with Crippen LogP contribution >= 0.6 is 11.6 Å². The number of aromatic hydroxyl groups is 1. The van der Waals surface area contributed by atoms with Crippen LogP contribution in [0.25, 0.3) is 0 Å². The molecule has 0 radical (unpaired) electrons. The number of ether oxygens (including phenoxy) is 2. The second kappa shape index (κ2) is 9.99. The summed E-state index contributed by atoms with van der Waals surface area (Å²) in [7, 11) is 0. The number of amides is 1. The minimum atomic E-state index is -0.387. The van der Waals surface area contributed by atoms with Crippen LogP contribution in [-0.2, 0) is 4.79 Å². The number of carbonyl (C=O) groups is 1. The van der Waals surface area contributed by atoms with E-state index in [-0.39, 0.29) is 35.0 Å². The summed E-state index contributed by atoms with van der Waals surface area (Å²) in [4.78, 5) is 12.0. The number of halogens is 1. The minimum absolute atomic E-state index is 0.128. The Morgan fingerprint density at radius 3 is 2.68 bits per heavy atom. The summed E-state index contributed by atoms with van der Waals surface area (Å²) in [5, 5.41) is 13.9. The molecule has 2 aromatic rings. The average molecular weight is 405 g/mol. The van der Waals surface area contributed by atoms with Gasteiger partial charge in [0.05, 0.1) is 17.8 Å². The van der Waals surface area contributed by atoms with Gasteiger partial charge in [-0.3, -0.25) is 4.79 Å². The van der Waals surface area contributed by atoms with Crippen LogP contribution in [0.2, 0.25) is 5.02 Å². The molecule has 150 valence electrons. The molecule has 0 aliphatic carbocycles. The summed E-state index contributed by atoms with van der Waals surface area (Å²) in [6.45, 7) is 8.15. The van der Waals surface area contributed by atoms with Crippen molar-refractivity contribution in [2.45, 2.75) is 33.6 Å². The molecule has 0 unspecified atom stereocenters. The number of phenols is 1. The van der Waals surface area contributed by atoms with E-state index in [2.05, 4.69) is 24.4 Å². The standard InChI is InChI=1S/C21H25ClN2O4/c1-5-27-19-10-15(9-17(22)21(19)26)11-23-24-20(25)12-28-18-8-14(4)6-7-16(18)13(2)3/h6-11,13,26H,5,12H2,1-4H3,(H,24,25)/b23-11+. The van der Waals surface area contributed by atoms with Crippen molar-refractivity contribution in [3.05, 3.63) is 52.0 Å². The van der Waals surface area contributed by atoms with Crippen molar-refractivity contribution in [2.24, 2.45) is 5.10 Å². The molecule has 2 rings (SSSR count). The Kier molecular flexibility index (Phi) is 7.70. The smallest absolute Gasteiger partial charge is 0.277 e. The summed E-state index contributed by atoms with van der Waals surface area (Å²) in [6.07, 6.45) is 1.41. The first kappa shape index (κ1) is 21.6. The first-order valence-corrected chi connectivity index (χ1v) is 9.40. The zero-order valence-corrected chi connectivity index (χ0v) is 17.2. The fourth-order valence-electron chi connectivity index (χ4n) is 2.53. The topological polar surface area (TPSA) is 80.2 Å². The van der Waals surface area contributed by atoms with Gasteiger partial charge in [-0.25, -0.2) is 5.43 Å². The fourth-order valence-corrected chi connectivity index (χ4v) is 2.75. The van der Waals surface area contributed by atoms with Gasteiger partial charge in [-0.15, -0.1) is 0 Å². The predicted octanol–water partition coefficient (Wildman–Crippen LogP) is 4.41. The van der Waals surface area contributed by atoms with Crippen LogP contribution in [0.15, 0.2) is 35.4 Å². The molecular formula is C21H25ClN2O4. The minimum Gasteiger partial charge on any atom is -0.503 e. The van der Waals surface area contributed by atoms with E-state index < -0.39 is 0 Å². The Balaban J connectivity index is 1.97. The summed E-state index contributed by atoms with van der Waals surface area (Å²) in [5.74, 6) is 0.725. The average Bonchev–Trinajstić information content (AvgIpc) is 2.64. The van der Waals surface area contributed by atoms with E-state index in [1.807, 2.05) is 25.1 Å². The molecule has 0 aliphatic heterocycles. The van der Waals surface area contributed by atoms with E-state index in [4.69, 9.17) is 21.1 Å². The third kappa shape index (κ3) is 5.89. The molecule has 2 aromatic carbocycles. The van der Waals surface area contributed by atoms with Crippen LogP contribution in [0.3, 0.4) is 0 Å². The highest BCUT2D eigenvalue weighted by molar-refractivity contribution is 6.32. The van der Waals surface area contributed by atoms with Crippen LogP contribution in [0.5, 0.6) is 17.2 Å². The maximum absolute atomic E-state index is 12.0. The highest BCUT2D eigenvalue weighted by Crippen LogP contribution is 2.34. The molecule has 0 atom stereocenters. The van der Waals surface area contributed by atoms with Crippen LogP contribution in [-0.4, -0.2) is 30.4 Å². The Bertz CT molecular complexity index is 866. The number of hydrogen-bond donors (Lipinski definition) is 2. The molecule has 2 N–H and O–H groups in total. The lowest BCUT2D eigenvalue weighted by Crippen LogP contribution is -2.25. The molecule has 0 aromatic heterocycles. The van der Waals surface area contributed by atoms with Crippen molar-refractivity contribution in [3.8, 4) is 17.2 Å². The second-order valence-corrected chi connectivity index (χ2v) is 6.97. The molecule has 0 fully saturated rings. The molecule has 0 spiro atoms. The van der Waals surface area contributed by atoms with Gasteiger partial charge in [-0.2, -0.15) is 5.10 Å². The van der Waals surface area contributed by atoms with Gasteiger partial charge in [-0.05, 0) is 54.7 Å². The largest absolute Gasteiger partial charge is 0.503 e. The van der Waals surface area contributed by atoms with Gasteiger partial charge >= 0.3 is 0 Å². The lowest BCUT2D eigenvalue weighted by atomic mass is 10.0. The summed E-state index contributed by atoms with van der Waals surface area (Å²) >= 11 is 5.97. The Hall–Kier alpha value is -2.73. The maximum Gasteiger partial charge on any atom is 0.277 e. The SMILES string of the molecule is CCOc1cc(/C=N/NC(=O)COc2cc(C)ccc2C(C)C)cc(Cl)c1O. The van der Waals surface area contributed by atoms with Gasteiger partial charge in [0.2, 0.25) is 0 Å². The van der Waals surface area contributed by atoms with Crippen LogP contribution in [0, 0.1) is 6.92 Å². The van der Waals surface area contributed by atoms with Gasteiger partial charge in [0.25, 0.3) is 5.91 Å². The monoisotopic (exact) mass is 404 g/mol. The normalized spacial score (nSPS) is 11.1. The fraction of sp³-hybridized carbons (Fsp3) is 0.333. The molecule has 0 saturated carbocycles. The van der Waals surface area contributed by atoms with Crippen molar-refractivity contribution in [3.63, 3.8) is 0 Å². The Morgan fingerprint density at radius 1 is 1.25 bits per heavy atom. The third-order valence-electron chi connectivity index (χ3n) is 3.90. The van der Waals surface area contributed by atoms with Crippen molar-refractivity contribution >= 4 is 23.7 Å². The van der Waals surface area contributed by atoms with Crippen molar-refractivity contribution in [1.29, 1.82) is 0 Å². The molecule has 0 bridgehead atoms. The quantitative estimate of drug-likeness (QED) is 0.504. The van der Waals surface area contributed by atoms with Crippen LogP contribution in [0.1, 0.15) is 43.4 Å². The number of carbonyl (C=O) groups excluding carboxylic acids is 1. The van der Waals surface area contributed by atoms with Gasteiger partial charge < -0.3 is 14.6 Å². The van der Waals surface area contributed by atoms with E-state index in [9.17, 15) is 9.90 Å². The number of benzene rings is 2. The molecule has 28 heavy (non-hydrogen) atoms. The van der Waals surface area contributed by atoms with E-state index in [0.29, 0.717) is 17.9 Å². The second-order valence-electron chi connectivity index (χ2n) is 6.56. The maximum atomic E-state index is 12.0.